The van der Waals surface area contributed by atoms with Crippen molar-refractivity contribution in [2.24, 2.45) is 0 Å². The molecule has 3 aromatic rings. The molecule has 3 aromatic carbocycles. The van der Waals surface area contributed by atoms with E-state index in [-0.39, 0.29) is 22.9 Å². The number of nitrogens with one attached hydrogen (secondary N) is 1. The average molecular weight is 452 g/mol. The summed E-state index contributed by atoms with van der Waals surface area (Å²) in [6.07, 6.45) is -0.218. The zero-order chi connectivity index (χ0) is 22.5. The Kier molecular flexibility index (Phi) is 6.71. The maximum atomic E-state index is 14.0. The van der Waals surface area contributed by atoms with Crippen molar-refractivity contribution in [1.29, 1.82) is 0 Å². The van der Waals surface area contributed by atoms with Crippen molar-refractivity contribution in [2.75, 3.05) is 36.4 Å². The number of rotatable bonds is 5. The van der Waals surface area contributed by atoms with Crippen molar-refractivity contribution in [3.63, 3.8) is 0 Å². The summed E-state index contributed by atoms with van der Waals surface area (Å²) in [5, 5.41) is 2.94. The molecule has 0 aromatic heterocycles. The van der Waals surface area contributed by atoms with Gasteiger partial charge < -0.3 is 15.1 Å². The molecule has 7 heteroatoms. The highest BCUT2D eigenvalue weighted by Crippen LogP contribution is 2.23. The molecule has 4 rings (SSSR count). The van der Waals surface area contributed by atoms with Crippen LogP contribution in [0.3, 0.4) is 0 Å². The first-order valence-electron chi connectivity index (χ1n) is 10.4. The van der Waals surface area contributed by atoms with Crippen molar-refractivity contribution < 1.29 is 14.0 Å². The minimum Gasteiger partial charge on any atom is -0.368 e. The van der Waals surface area contributed by atoms with Crippen molar-refractivity contribution in [1.82, 2.24) is 4.90 Å². The second-order valence-corrected chi connectivity index (χ2v) is 7.99. The standard InChI is InChI=1S/C25H23ClFN3O2/c26-21-10-6-11-22(27)20(21)17-24(31)28-23-12-5-4-9-19(23)25(32)30-15-13-29(14-16-30)18-7-2-1-3-8-18/h1-12H,13-17H2,(H,28,31). The molecule has 2 amide bonds. The maximum absolute atomic E-state index is 14.0. The van der Waals surface area contributed by atoms with E-state index >= 15 is 0 Å². The van der Waals surface area contributed by atoms with Crippen molar-refractivity contribution in [3.05, 3.63) is 94.8 Å². The molecule has 0 radical (unpaired) electrons. The van der Waals surface area contributed by atoms with Gasteiger partial charge in [0.15, 0.2) is 0 Å². The largest absolute Gasteiger partial charge is 0.368 e. The normalized spacial score (nSPS) is 13.7. The molecule has 1 heterocycles. The molecule has 0 saturated carbocycles. The lowest BCUT2D eigenvalue weighted by Crippen LogP contribution is -2.48. The van der Waals surface area contributed by atoms with Crippen molar-refractivity contribution in [3.8, 4) is 0 Å². The van der Waals surface area contributed by atoms with E-state index in [0.29, 0.717) is 24.3 Å². The van der Waals surface area contributed by atoms with Crippen LogP contribution < -0.4 is 10.2 Å². The van der Waals surface area contributed by atoms with Gasteiger partial charge in [-0.15, -0.1) is 0 Å². The summed E-state index contributed by atoms with van der Waals surface area (Å²) in [7, 11) is 0. The molecule has 0 aliphatic carbocycles. The van der Waals surface area contributed by atoms with E-state index in [9.17, 15) is 14.0 Å². The first kappa shape index (κ1) is 21.8. The van der Waals surface area contributed by atoms with Gasteiger partial charge in [-0.2, -0.15) is 0 Å². The van der Waals surface area contributed by atoms with E-state index in [1.165, 1.54) is 12.1 Å². The van der Waals surface area contributed by atoms with Crippen LogP contribution in [-0.2, 0) is 11.2 Å². The Morgan fingerprint density at radius 2 is 1.56 bits per heavy atom. The number of benzene rings is 3. The van der Waals surface area contributed by atoms with E-state index in [1.807, 2.05) is 18.2 Å². The molecule has 1 aliphatic heterocycles. The summed E-state index contributed by atoms with van der Waals surface area (Å²) >= 11 is 6.03. The summed E-state index contributed by atoms with van der Waals surface area (Å²) in [6, 6.07) is 21.3. The molecule has 1 aliphatic rings. The number of hydrogen-bond acceptors (Lipinski definition) is 3. The molecule has 164 valence electrons. The van der Waals surface area contributed by atoms with Crippen molar-refractivity contribution >= 4 is 34.8 Å². The highest BCUT2D eigenvalue weighted by molar-refractivity contribution is 6.31. The van der Waals surface area contributed by atoms with E-state index in [0.717, 1.165) is 18.8 Å². The van der Waals surface area contributed by atoms with Gasteiger partial charge in [-0.3, -0.25) is 9.59 Å². The average Bonchev–Trinajstić information content (AvgIpc) is 2.82. The summed E-state index contributed by atoms with van der Waals surface area (Å²) < 4.78 is 14.0. The van der Waals surface area contributed by atoms with Gasteiger partial charge in [-0.05, 0) is 36.4 Å². The van der Waals surface area contributed by atoms with Crippen LogP contribution in [0, 0.1) is 5.82 Å². The van der Waals surface area contributed by atoms with Crippen LogP contribution in [0.15, 0.2) is 72.8 Å². The molecule has 0 unspecified atom stereocenters. The van der Waals surface area contributed by atoms with Crippen LogP contribution in [0.1, 0.15) is 15.9 Å². The summed E-state index contributed by atoms with van der Waals surface area (Å²) in [6.45, 7) is 2.63. The van der Waals surface area contributed by atoms with E-state index in [1.54, 1.807) is 35.2 Å². The quantitative estimate of drug-likeness (QED) is 0.615. The van der Waals surface area contributed by atoms with Crippen LogP contribution >= 0.6 is 11.6 Å². The van der Waals surface area contributed by atoms with Crippen LogP contribution in [0.5, 0.6) is 0 Å². The number of para-hydroxylation sites is 2. The predicted molar refractivity (Wildman–Crippen MR) is 125 cm³/mol. The van der Waals surface area contributed by atoms with E-state index in [4.69, 9.17) is 11.6 Å². The second kappa shape index (κ2) is 9.83. The Morgan fingerprint density at radius 3 is 2.28 bits per heavy atom. The van der Waals surface area contributed by atoms with Gasteiger partial charge in [-0.25, -0.2) is 4.39 Å². The second-order valence-electron chi connectivity index (χ2n) is 7.59. The number of carbonyl (C=O) groups is 2. The van der Waals surface area contributed by atoms with E-state index in [2.05, 4.69) is 22.3 Å². The van der Waals surface area contributed by atoms with Gasteiger partial charge >= 0.3 is 0 Å². The smallest absolute Gasteiger partial charge is 0.256 e. The third-order valence-electron chi connectivity index (χ3n) is 5.52. The molecule has 0 atom stereocenters. The number of nitrogens with zero attached hydrogens (tertiary/aromatic N) is 2. The zero-order valence-corrected chi connectivity index (χ0v) is 18.2. The molecule has 1 fully saturated rings. The first-order valence-corrected chi connectivity index (χ1v) is 10.8. The monoisotopic (exact) mass is 451 g/mol. The van der Waals surface area contributed by atoms with E-state index < -0.39 is 11.7 Å². The molecule has 1 saturated heterocycles. The fraction of sp³-hybridized carbons (Fsp3) is 0.200. The number of anilines is 2. The Hall–Kier alpha value is -3.38. The summed E-state index contributed by atoms with van der Waals surface area (Å²) in [4.78, 5) is 29.8. The molecule has 32 heavy (non-hydrogen) atoms. The topological polar surface area (TPSA) is 52.7 Å². The van der Waals surface area contributed by atoms with Crippen LogP contribution in [0.2, 0.25) is 5.02 Å². The Balaban J connectivity index is 1.43. The van der Waals surface area contributed by atoms with Crippen LogP contribution in [-0.4, -0.2) is 42.9 Å². The SMILES string of the molecule is O=C(Cc1c(F)cccc1Cl)Nc1ccccc1C(=O)N1CCN(c2ccccc2)CC1. The number of amides is 2. The lowest BCUT2D eigenvalue weighted by atomic mass is 10.1. The van der Waals surface area contributed by atoms with Gasteiger partial charge in [-0.1, -0.05) is 48.0 Å². The number of halogens is 2. The Morgan fingerprint density at radius 1 is 0.875 bits per heavy atom. The summed E-state index contributed by atoms with van der Waals surface area (Å²) in [5.74, 6) is -1.11. The molecule has 5 nitrogen and oxygen atoms in total. The number of piperazine rings is 1. The van der Waals surface area contributed by atoms with Gasteiger partial charge in [0.05, 0.1) is 17.7 Å². The molecular formula is C25H23ClFN3O2. The fourth-order valence-electron chi connectivity index (χ4n) is 3.81. The van der Waals surface area contributed by atoms with Gasteiger partial charge in [0.2, 0.25) is 5.91 Å². The number of hydrogen-bond donors (Lipinski definition) is 1. The minimum atomic E-state index is -0.534. The zero-order valence-electron chi connectivity index (χ0n) is 17.4. The summed E-state index contributed by atoms with van der Waals surface area (Å²) in [5.41, 5.74) is 2.08. The fourth-order valence-corrected chi connectivity index (χ4v) is 4.04. The molecular weight excluding hydrogens is 429 g/mol. The lowest BCUT2D eigenvalue weighted by molar-refractivity contribution is -0.115. The third-order valence-corrected chi connectivity index (χ3v) is 5.87. The van der Waals surface area contributed by atoms with Crippen LogP contribution in [0.25, 0.3) is 0 Å². The van der Waals surface area contributed by atoms with Gasteiger partial charge in [0.1, 0.15) is 5.82 Å². The van der Waals surface area contributed by atoms with Gasteiger partial charge in [0, 0.05) is 42.5 Å². The number of carbonyl (C=O) groups excluding carboxylic acids is 2. The highest BCUT2D eigenvalue weighted by atomic mass is 35.5. The van der Waals surface area contributed by atoms with Gasteiger partial charge in [0.25, 0.3) is 5.91 Å². The lowest BCUT2D eigenvalue weighted by Gasteiger charge is -2.36. The predicted octanol–water partition coefficient (Wildman–Crippen LogP) is 4.62. The Labute approximate surface area is 191 Å². The van der Waals surface area contributed by atoms with Crippen LogP contribution in [0.4, 0.5) is 15.8 Å². The third kappa shape index (κ3) is 4.92. The first-order chi connectivity index (χ1) is 15.5. The van der Waals surface area contributed by atoms with Crippen molar-refractivity contribution in [2.45, 2.75) is 6.42 Å². The molecule has 1 N–H and O–H groups in total. The molecule has 0 bridgehead atoms. The molecule has 0 spiro atoms. The maximum Gasteiger partial charge on any atom is 0.256 e. The highest BCUT2D eigenvalue weighted by Gasteiger charge is 2.24. The minimum absolute atomic E-state index is 0.132. The Bertz CT molecular complexity index is 1090.